The van der Waals surface area contributed by atoms with Crippen molar-refractivity contribution in [3.05, 3.63) is 0 Å². The molecular formula is C11H20N2O4. The van der Waals surface area contributed by atoms with Gasteiger partial charge in [0.15, 0.2) is 0 Å². The van der Waals surface area contributed by atoms with Crippen LogP contribution in [0, 0.1) is 0 Å². The number of carboxylic acid groups (broad SMARTS) is 1. The van der Waals surface area contributed by atoms with Crippen LogP contribution in [0.15, 0.2) is 0 Å². The van der Waals surface area contributed by atoms with E-state index in [9.17, 15) is 14.7 Å². The van der Waals surface area contributed by atoms with Gasteiger partial charge in [0.2, 0.25) is 0 Å². The number of hydrogen-bond acceptors (Lipinski definition) is 3. The largest absolute Gasteiger partial charge is 0.480 e. The first-order valence-corrected chi connectivity index (χ1v) is 5.76. The summed E-state index contributed by atoms with van der Waals surface area (Å²) in [7, 11) is 0. The van der Waals surface area contributed by atoms with Gasteiger partial charge in [0, 0.05) is 18.5 Å². The van der Waals surface area contributed by atoms with Gasteiger partial charge in [-0.2, -0.15) is 0 Å². The van der Waals surface area contributed by atoms with Crippen LogP contribution >= 0.6 is 0 Å². The fraction of sp³-hybridized carbons (Fsp3) is 0.818. The Labute approximate surface area is 101 Å². The summed E-state index contributed by atoms with van der Waals surface area (Å²) in [5.41, 5.74) is -0.381. The predicted molar refractivity (Wildman–Crippen MR) is 61.7 cm³/mol. The van der Waals surface area contributed by atoms with E-state index in [1.807, 2.05) is 20.8 Å². The number of likely N-dealkylation sites (tertiary alicyclic amines) is 1. The Hall–Kier alpha value is -1.30. The lowest BCUT2D eigenvalue weighted by Crippen LogP contribution is -2.52. The number of carboxylic acids is 1. The molecule has 0 aromatic rings. The molecule has 0 unspecified atom stereocenters. The van der Waals surface area contributed by atoms with Gasteiger partial charge in [-0.05, 0) is 20.3 Å². The zero-order chi connectivity index (χ0) is 13.2. The number of rotatable bonds is 3. The van der Waals surface area contributed by atoms with Crippen LogP contribution in [0.25, 0.3) is 0 Å². The van der Waals surface area contributed by atoms with E-state index in [2.05, 4.69) is 5.32 Å². The van der Waals surface area contributed by atoms with E-state index >= 15 is 0 Å². The third-order valence-electron chi connectivity index (χ3n) is 3.15. The van der Waals surface area contributed by atoms with E-state index in [4.69, 9.17) is 5.11 Å². The van der Waals surface area contributed by atoms with Crippen LogP contribution in [0.1, 0.15) is 33.6 Å². The summed E-state index contributed by atoms with van der Waals surface area (Å²) >= 11 is 0. The molecule has 1 heterocycles. The van der Waals surface area contributed by atoms with Gasteiger partial charge in [0.05, 0.1) is 6.10 Å². The van der Waals surface area contributed by atoms with Crippen molar-refractivity contribution >= 4 is 12.0 Å². The number of carbonyl (C=O) groups excluding carboxylic acids is 1. The van der Waals surface area contributed by atoms with Crippen LogP contribution in [0.4, 0.5) is 4.79 Å². The van der Waals surface area contributed by atoms with Crippen LogP contribution in [-0.2, 0) is 4.79 Å². The Balaban J connectivity index is 2.71. The molecule has 0 aromatic carbocycles. The number of β-amino-alcohol motifs (C(OH)–C–C–N with tert-alkyl or cyclic N) is 1. The monoisotopic (exact) mass is 244 g/mol. The lowest BCUT2D eigenvalue weighted by molar-refractivity contribution is -0.141. The summed E-state index contributed by atoms with van der Waals surface area (Å²) in [6, 6.07) is -1.36. The lowest BCUT2D eigenvalue weighted by atomic mass is 10.0. The minimum atomic E-state index is -1.08. The van der Waals surface area contributed by atoms with Crippen molar-refractivity contribution in [1.29, 1.82) is 0 Å². The van der Waals surface area contributed by atoms with Crippen LogP contribution in [0.5, 0.6) is 0 Å². The number of nitrogens with one attached hydrogen (secondary N) is 1. The molecule has 2 amide bonds. The SMILES string of the molecule is CCC(C)(C)NC(=O)N1C[C@H](O)C[C@H]1C(=O)O. The number of amides is 2. The quantitative estimate of drug-likeness (QED) is 0.670. The first-order valence-electron chi connectivity index (χ1n) is 5.76. The average Bonchev–Trinajstić information content (AvgIpc) is 2.60. The summed E-state index contributed by atoms with van der Waals surface area (Å²) in [6.07, 6.45) is 0.0777. The normalized spacial score (nSPS) is 24.8. The second-order valence-electron chi connectivity index (χ2n) is 5.06. The molecule has 1 aliphatic heterocycles. The van der Waals surface area contributed by atoms with E-state index in [-0.39, 0.29) is 18.5 Å². The Kier molecular flexibility index (Phi) is 3.98. The molecule has 98 valence electrons. The highest BCUT2D eigenvalue weighted by molar-refractivity contribution is 5.83. The summed E-state index contributed by atoms with van der Waals surface area (Å²) in [4.78, 5) is 24.1. The van der Waals surface area contributed by atoms with Crippen molar-refractivity contribution in [1.82, 2.24) is 10.2 Å². The van der Waals surface area contributed by atoms with Crippen molar-refractivity contribution in [3.8, 4) is 0 Å². The van der Waals surface area contributed by atoms with Gasteiger partial charge >= 0.3 is 12.0 Å². The molecule has 1 fully saturated rings. The first kappa shape index (κ1) is 13.8. The number of urea groups is 1. The number of aliphatic hydroxyl groups excluding tert-OH is 1. The predicted octanol–water partition coefficient (Wildman–Crippen LogP) is 0.404. The lowest BCUT2D eigenvalue weighted by Gasteiger charge is -2.29. The second-order valence-corrected chi connectivity index (χ2v) is 5.06. The fourth-order valence-corrected chi connectivity index (χ4v) is 1.72. The molecular weight excluding hydrogens is 224 g/mol. The molecule has 0 aliphatic carbocycles. The Morgan fingerprint density at radius 1 is 1.47 bits per heavy atom. The van der Waals surface area contributed by atoms with Gasteiger partial charge < -0.3 is 20.4 Å². The third-order valence-corrected chi connectivity index (χ3v) is 3.15. The molecule has 3 N–H and O–H groups in total. The van der Waals surface area contributed by atoms with Gasteiger partial charge in [-0.15, -0.1) is 0 Å². The van der Waals surface area contributed by atoms with Crippen molar-refractivity contribution < 1.29 is 19.8 Å². The van der Waals surface area contributed by atoms with Gasteiger partial charge in [-0.1, -0.05) is 6.92 Å². The smallest absolute Gasteiger partial charge is 0.326 e. The zero-order valence-electron chi connectivity index (χ0n) is 10.4. The highest BCUT2D eigenvalue weighted by Gasteiger charge is 2.39. The maximum Gasteiger partial charge on any atom is 0.326 e. The minimum Gasteiger partial charge on any atom is -0.480 e. The number of aliphatic carboxylic acids is 1. The van der Waals surface area contributed by atoms with Crippen LogP contribution < -0.4 is 5.32 Å². The Bertz CT molecular complexity index is 317. The molecule has 0 aromatic heterocycles. The number of aliphatic hydroxyl groups is 1. The highest BCUT2D eigenvalue weighted by atomic mass is 16.4. The average molecular weight is 244 g/mol. The molecule has 6 nitrogen and oxygen atoms in total. The topological polar surface area (TPSA) is 89.9 Å². The Morgan fingerprint density at radius 2 is 2.06 bits per heavy atom. The molecule has 17 heavy (non-hydrogen) atoms. The molecule has 0 radical (unpaired) electrons. The molecule has 0 spiro atoms. The molecule has 0 bridgehead atoms. The second kappa shape index (κ2) is 4.91. The number of hydrogen-bond donors (Lipinski definition) is 3. The zero-order valence-corrected chi connectivity index (χ0v) is 10.4. The van der Waals surface area contributed by atoms with Gasteiger partial charge in [0.1, 0.15) is 6.04 Å². The van der Waals surface area contributed by atoms with Gasteiger partial charge in [-0.3, -0.25) is 0 Å². The molecule has 1 rings (SSSR count). The van der Waals surface area contributed by atoms with E-state index in [0.29, 0.717) is 0 Å². The summed E-state index contributed by atoms with van der Waals surface area (Å²) in [6.45, 7) is 5.75. The van der Waals surface area contributed by atoms with Crippen LogP contribution in [0.2, 0.25) is 0 Å². The summed E-state index contributed by atoms with van der Waals surface area (Å²) in [5, 5.41) is 21.2. The van der Waals surface area contributed by atoms with E-state index < -0.39 is 24.1 Å². The number of nitrogens with zero attached hydrogens (tertiary/aromatic N) is 1. The minimum absolute atomic E-state index is 0.0720. The summed E-state index contributed by atoms with van der Waals surface area (Å²) in [5.74, 6) is -1.08. The summed E-state index contributed by atoms with van der Waals surface area (Å²) < 4.78 is 0. The van der Waals surface area contributed by atoms with Gasteiger partial charge in [-0.25, -0.2) is 9.59 Å². The standard InChI is InChI=1S/C11H20N2O4/c1-4-11(2,3)12-10(17)13-6-7(14)5-8(13)9(15)16/h7-8,14H,4-6H2,1-3H3,(H,12,17)(H,15,16)/t7-,8+/m1/s1. The van der Waals surface area contributed by atoms with E-state index in [1.165, 1.54) is 4.90 Å². The molecule has 1 saturated heterocycles. The van der Waals surface area contributed by atoms with Crippen LogP contribution in [-0.4, -0.2) is 51.3 Å². The maximum atomic E-state index is 11.9. The first-order chi connectivity index (χ1) is 7.76. The Morgan fingerprint density at radius 3 is 2.53 bits per heavy atom. The van der Waals surface area contributed by atoms with E-state index in [0.717, 1.165) is 6.42 Å². The fourth-order valence-electron chi connectivity index (χ4n) is 1.72. The highest BCUT2D eigenvalue weighted by Crippen LogP contribution is 2.19. The van der Waals surface area contributed by atoms with Crippen molar-refractivity contribution in [3.63, 3.8) is 0 Å². The van der Waals surface area contributed by atoms with Crippen molar-refractivity contribution in [2.24, 2.45) is 0 Å². The maximum absolute atomic E-state index is 11.9. The van der Waals surface area contributed by atoms with Crippen LogP contribution in [0.3, 0.4) is 0 Å². The molecule has 2 atom stereocenters. The molecule has 6 heteroatoms. The number of carbonyl (C=O) groups is 2. The van der Waals surface area contributed by atoms with Crippen molar-refractivity contribution in [2.75, 3.05) is 6.54 Å². The van der Waals surface area contributed by atoms with Crippen molar-refractivity contribution in [2.45, 2.75) is 51.3 Å². The van der Waals surface area contributed by atoms with E-state index in [1.54, 1.807) is 0 Å². The third kappa shape index (κ3) is 3.33. The molecule has 0 saturated carbocycles. The molecule has 1 aliphatic rings. The van der Waals surface area contributed by atoms with Gasteiger partial charge in [0.25, 0.3) is 0 Å².